The van der Waals surface area contributed by atoms with Crippen LogP contribution in [0.2, 0.25) is 0 Å². The smallest absolute Gasteiger partial charge is 0.0423 e. The van der Waals surface area contributed by atoms with Crippen molar-refractivity contribution in [1.82, 2.24) is 5.32 Å². The summed E-state index contributed by atoms with van der Waals surface area (Å²) in [5.74, 6) is 0. The first-order chi connectivity index (χ1) is 8.52. The van der Waals surface area contributed by atoms with E-state index < -0.39 is 0 Å². The molecule has 100 valence electrons. The van der Waals surface area contributed by atoms with Crippen molar-refractivity contribution < 1.29 is 0 Å². The third-order valence-corrected chi connectivity index (χ3v) is 4.15. The normalized spacial score (nSPS) is 19.0. The third kappa shape index (κ3) is 3.27. The average molecular weight is 311 g/mol. The van der Waals surface area contributed by atoms with Crippen LogP contribution in [-0.2, 0) is 6.54 Å². The second kappa shape index (κ2) is 5.62. The Balaban J connectivity index is 2.28. The van der Waals surface area contributed by atoms with Crippen LogP contribution in [0.25, 0.3) is 0 Å². The van der Waals surface area contributed by atoms with Gasteiger partial charge in [0.2, 0.25) is 0 Å². The Hall–Kier alpha value is -0.540. The quantitative estimate of drug-likeness (QED) is 0.913. The Bertz CT molecular complexity index is 415. The topological polar surface area (TPSA) is 15.3 Å². The van der Waals surface area contributed by atoms with Crippen LogP contribution in [0.3, 0.4) is 0 Å². The summed E-state index contributed by atoms with van der Waals surface area (Å²) in [6, 6.07) is 6.61. The summed E-state index contributed by atoms with van der Waals surface area (Å²) >= 11 is 3.60. The highest BCUT2D eigenvalue weighted by atomic mass is 79.9. The summed E-state index contributed by atoms with van der Waals surface area (Å²) in [4.78, 5) is 2.54. The molecule has 2 nitrogen and oxygen atoms in total. The zero-order valence-corrected chi connectivity index (χ0v) is 13.2. The molecule has 1 aliphatic rings. The standard InChI is InChI=1S/C15H23BrN2/c1-15(2)7-4-8-18(11-15)14-9-13(16)6-5-12(14)10-17-3/h5-6,9,17H,4,7-8,10-11H2,1-3H3. The van der Waals surface area contributed by atoms with Gasteiger partial charge in [0.05, 0.1) is 0 Å². The number of rotatable bonds is 3. The van der Waals surface area contributed by atoms with Gasteiger partial charge in [0.15, 0.2) is 0 Å². The zero-order chi connectivity index (χ0) is 13.2. The van der Waals surface area contributed by atoms with Crippen LogP contribution in [0, 0.1) is 5.41 Å². The lowest BCUT2D eigenvalue weighted by molar-refractivity contribution is 0.293. The van der Waals surface area contributed by atoms with Crippen molar-refractivity contribution in [3.05, 3.63) is 28.2 Å². The van der Waals surface area contributed by atoms with Gasteiger partial charge in [-0.05, 0) is 43.0 Å². The molecule has 0 unspecified atom stereocenters. The number of benzene rings is 1. The van der Waals surface area contributed by atoms with Crippen LogP contribution in [-0.4, -0.2) is 20.1 Å². The van der Waals surface area contributed by atoms with E-state index in [1.807, 2.05) is 7.05 Å². The molecule has 0 aliphatic carbocycles. The van der Waals surface area contributed by atoms with E-state index in [1.54, 1.807) is 0 Å². The highest BCUT2D eigenvalue weighted by Crippen LogP contribution is 2.34. The maximum absolute atomic E-state index is 3.60. The molecule has 1 aromatic carbocycles. The Labute approximate surface area is 119 Å². The molecule has 1 aromatic rings. The third-order valence-electron chi connectivity index (χ3n) is 3.66. The summed E-state index contributed by atoms with van der Waals surface area (Å²) in [6.45, 7) is 8.00. The Morgan fingerprint density at radius 3 is 2.83 bits per heavy atom. The van der Waals surface area contributed by atoms with Gasteiger partial charge in [0, 0.05) is 29.8 Å². The van der Waals surface area contributed by atoms with Crippen LogP contribution in [0.5, 0.6) is 0 Å². The minimum absolute atomic E-state index is 0.428. The zero-order valence-electron chi connectivity index (χ0n) is 11.6. The molecule has 1 N–H and O–H groups in total. The maximum Gasteiger partial charge on any atom is 0.0423 e. The number of piperidine rings is 1. The van der Waals surface area contributed by atoms with Crippen LogP contribution < -0.4 is 10.2 Å². The Morgan fingerprint density at radius 1 is 1.39 bits per heavy atom. The molecule has 0 amide bonds. The van der Waals surface area contributed by atoms with Gasteiger partial charge in [-0.2, -0.15) is 0 Å². The Kier molecular flexibility index (Phi) is 4.33. The van der Waals surface area contributed by atoms with Crippen molar-refractivity contribution in [2.75, 3.05) is 25.0 Å². The lowest BCUT2D eigenvalue weighted by Crippen LogP contribution is -2.40. The van der Waals surface area contributed by atoms with Crippen molar-refractivity contribution in [3.63, 3.8) is 0 Å². The molecule has 18 heavy (non-hydrogen) atoms. The van der Waals surface area contributed by atoms with E-state index in [-0.39, 0.29) is 0 Å². The fourth-order valence-electron chi connectivity index (χ4n) is 2.80. The van der Waals surface area contributed by atoms with Gasteiger partial charge in [0.1, 0.15) is 0 Å². The summed E-state index contributed by atoms with van der Waals surface area (Å²) in [5, 5.41) is 3.26. The first-order valence-electron chi connectivity index (χ1n) is 6.70. The highest BCUT2D eigenvalue weighted by Gasteiger charge is 2.27. The number of hydrogen-bond acceptors (Lipinski definition) is 2. The highest BCUT2D eigenvalue weighted by molar-refractivity contribution is 9.10. The SMILES string of the molecule is CNCc1ccc(Br)cc1N1CCCC(C)(C)C1. The van der Waals surface area contributed by atoms with E-state index in [9.17, 15) is 0 Å². The number of anilines is 1. The van der Waals surface area contributed by atoms with Gasteiger partial charge in [-0.15, -0.1) is 0 Å². The molecule has 1 heterocycles. The minimum atomic E-state index is 0.428. The molecular formula is C15H23BrN2. The number of nitrogens with one attached hydrogen (secondary N) is 1. The largest absolute Gasteiger partial charge is 0.371 e. The monoisotopic (exact) mass is 310 g/mol. The van der Waals surface area contributed by atoms with Crippen molar-refractivity contribution in [1.29, 1.82) is 0 Å². The van der Waals surface area contributed by atoms with E-state index in [0.29, 0.717) is 5.41 Å². The number of halogens is 1. The van der Waals surface area contributed by atoms with Gasteiger partial charge in [-0.3, -0.25) is 0 Å². The molecule has 1 saturated heterocycles. The molecule has 0 saturated carbocycles. The molecule has 0 atom stereocenters. The summed E-state index contributed by atoms with van der Waals surface area (Å²) < 4.78 is 1.17. The summed E-state index contributed by atoms with van der Waals surface area (Å²) in [7, 11) is 2.01. The first-order valence-corrected chi connectivity index (χ1v) is 7.49. The van der Waals surface area contributed by atoms with E-state index in [0.717, 1.165) is 13.1 Å². The summed E-state index contributed by atoms with van der Waals surface area (Å²) in [6.07, 6.45) is 2.62. The average Bonchev–Trinajstić information content (AvgIpc) is 2.30. The maximum atomic E-state index is 3.60. The van der Waals surface area contributed by atoms with Gasteiger partial charge >= 0.3 is 0 Å². The fourth-order valence-corrected chi connectivity index (χ4v) is 3.15. The Morgan fingerprint density at radius 2 is 2.17 bits per heavy atom. The van der Waals surface area contributed by atoms with Crippen LogP contribution in [0.1, 0.15) is 32.3 Å². The van der Waals surface area contributed by atoms with Crippen molar-refractivity contribution in [3.8, 4) is 0 Å². The second-order valence-electron chi connectivity index (χ2n) is 5.99. The first kappa shape index (κ1) is 13.9. The molecule has 0 aromatic heterocycles. The van der Waals surface area contributed by atoms with Crippen molar-refractivity contribution in [2.24, 2.45) is 5.41 Å². The van der Waals surface area contributed by atoms with Gasteiger partial charge in [0.25, 0.3) is 0 Å². The molecule has 2 rings (SSSR count). The minimum Gasteiger partial charge on any atom is -0.371 e. The predicted molar refractivity (Wildman–Crippen MR) is 82.1 cm³/mol. The van der Waals surface area contributed by atoms with E-state index in [1.165, 1.54) is 35.1 Å². The van der Waals surface area contributed by atoms with Gasteiger partial charge < -0.3 is 10.2 Å². The van der Waals surface area contributed by atoms with Crippen molar-refractivity contribution in [2.45, 2.75) is 33.2 Å². The van der Waals surface area contributed by atoms with Crippen LogP contribution >= 0.6 is 15.9 Å². The molecule has 1 aliphatic heterocycles. The second-order valence-corrected chi connectivity index (χ2v) is 6.91. The van der Waals surface area contributed by atoms with Gasteiger partial charge in [-0.25, -0.2) is 0 Å². The molecular weight excluding hydrogens is 288 g/mol. The molecule has 0 bridgehead atoms. The van der Waals surface area contributed by atoms with E-state index in [2.05, 4.69) is 58.2 Å². The summed E-state index contributed by atoms with van der Waals surface area (Å²) in [5.41, 5.74) is 3.20. The molecule has 0 spiro atoms. The van der Waals surface area contributed by atoms with Crippen LogP contribution in [0.15, 0.2) is 22.7 Å². The van der Waals surface area contributed by atoms with Gasteiger partial charge in [-0.1, -0.05) is 35.8 Å². The fraction of sp³-hybridized carbons (Fsp3) is 0.600. The molecule has 0 radical (unpaired) electrons. The van der Waals surface area contributed by atoms with Crippen molar-refractivity contribution >= 4 is 21.6 Å². The molecule has 3 heteroatoms. The number of hydrogen-bond donors (Lipinski definition) is 1. The molecule has 1 fully saturated rings. The van der Waals surface area contributed by atoms with E-state index in [4.69, 9.17) is 0 Å². The lowest BCUT2D eigenvalue weighted by atomic mass is 9.84. The van der Waals surface area contributed by atoms with Crippen LogP contribution in [0.4, 0.5) is 5.69 Å². The van der Waals surface area contributed by atoms with E-state index >= 15 is 0 Å². The lowest BCUT2D eigenvalue weighted by Gasteiger charge is -2.40. The number of nitrogens with zero attached hydrogens (tertiary/aromatic N) is 1. The predicted octanol–water partition coefficient (Wildman–Crippen LogP) is 3.79.